The number of halogens is 1. The number of hydrogen-bond donors (Lipinski definition) is 2. The highest BCUT2D eigenvalue weighted by Crippen LogP contribution is 2.14. The van der Waals surface area contributed by atoms with Crippen molar-refractivity contribution >= 4 is 38.0 Å². The van der Waals surface area contributed by atoms with Crippen molar-refractivity contribution in [1.82, 2.24) is 10.2 Å². The lowest BCUT2D eigenvalue weighted by molar-refractivity contribution is -0.149. The molecular weight excluding hydrogens is 416 g/mol. The standard InChI is InChI=1S/C15H21BrN2O6S/c1-2-3-11-23-15(20)18-24-14(19)5-4-10-17-25(21,22)13-8-6-12(16)7-9-13/h6-9,17H,2-5,10-11H2,1H3,(H,18,20). The molecule has 1 aromatic carbocycles. The Labute approximate surface area is 155 Å². The van der Waals surface area contributed by atoms with Gasteiger partial charge in [-0.15, -0.1) is 5.48 Å². The first-order chi connectivity index (χ1) is 11.8. The molecule has 0 spiro atoms. The molecule has 0 bridgehead atoms. The van der Waals surface area contributed by atoms with Gasteiger partial charge in [-0.1, -0.05) is 29.3 Å². The molecule has 1 aromatic rings. The van der Waals surface area contributed by atoms with Gasteiger partial charge < -0.3 is 9.57 Å². The number of unbranched alkanes of at least 4 members (excludes halogenated alkanes) is 1. The summed E-state index contributed by atoms with van der Waals surface area (Å²) in [6.45, 7) is 2.26. The SMILES string of the molecule is CCCCOC(=O)NOC(=O)CCCNS(=O)(=O)c1ccc(Br)cc1. The minimum absolute atomic E-state index is 0.0574. The van der Waals surface area contributed by atoms with E-state index in [4.69, 9.17) is 4.74 Å². The lowest BCUT2D eigenvalue weighted by atomic mass is 10.3. The summed E-state index contributed by atoms with van der Waals surface area (Å²) in [7, 11) is -3.63. The average Bonchev–Trinajstić information content (AvgIpc) is 2.57. The van der Waals surface area contributed by atoms with E-state index in [2.05, 4.69) is 25.5 Å². The fraction of sp³-hybridized carbons (Fsp3) is 0.467. The summed E-state index contributed by atoms with van der Waals surface area (Å²) < 4.78 is 31.9. The number of amides is 1. The van der Waals surface area contributed by atoms with Gasteiger partial charge >= 0.3 is 12.1 Å². The van der Waals surface area contributed by atoms with Crippen molar-refractivity contribution in [2.24, 2.45) is 0 Å². The summed E-state index contributed by atoms with van der Waals surface area (Å²) in [6, 6.07) is 6.18. The van der Waals surface area contributed by atoms with Crippen LogP contribution in [-0.4, -0.2) is 33.6 Å². The first kappa shape index (κ1) is 21.4. The molecule has 10 heteroatoms. The monoisotopic (exact) mass is 436 g/mol. The number of rotatable bonds is 9. The third-order valence-electron chi connectivity index (χ3n) is 2.95. The molecule has 0 aliphatic rings. The molecule has 0 atom stereocenters. The number of hydroxylamine groups is 1. The molecule has 0 aliphatic carbocycles. The zero-order valence-electron chi connectivity index (χ0n) is 13.8. The van der Waals surface area contributed by atoms with E-state index >= 15 is 0 Å². The Balaban J connectivity index is 2.23. The Bertz CT molecular complexity index is 663. The number of nitrogens with one attached hydrogen (secondary N) is 2. The molecule has 25 heavy (non-hydrogen) atoms. The molecule has 8 nitrogen and oxygen atoms in total. The van der Waals surface area contributed by atoms with Crippen LogP contribution in [0.15, 0.2) is 33.6 Å². The van der Waals surface area contributed by atoms with Crippen LogP contribution in [0.2, 0.25) is 0 Å². The third-order valence-corrected chi connectivity index (χ3v) is 4.96. The Morgan fingerprint density at radius 3 is 2.48 bits per heavy atom. The Morgan fingerprint density at radius 1 is 1.16 bits per heavy atom. The van der Waals surface area contributed by atoms with Gasteiger partial charge in [0.15, 0.2) is 0 Å². The van der Waals surface area contributed by atoms with E-state index in [0.29, 0.717) is 0 Å². The lowest BCUT2D eigenvalue weighted by Crippen LogP contribution is -2.29. The van der Waals surface area contributed by atoms with E-state index in [-0.39, 0.29) is 30.9 Å². The Hall–Kier alpha value is -1.65. The largest absolute Gasteiger partial charge is 0.447 e. The maximum atomic E-state index is 12.0. The number of carbonyl (C=O) groups excluding carboxylic acids is 2. The first-order valence-corrected chi connectivity index (χ1v) is 10.0. The number of hydrogen-bond acceptors (Lipinski definition) is 6. The molecule has 140 valence electrons. The van der Waals surface area contributed by atoms with Crippen LogP contribution in [0.5, 0.6) is 0 Å². The quantitative estimate of drug-likeness (QED) is 0.454. The highest BCUT2D eigenvalue weighted by Gasteiger charge is 2.14. The average molecular weight is 437 g/mol. The summed E-state index contributed by atoms with van der Waals surface area (Å²) >= 11 is 3.23. The van der Waals surface area contributed by atoms with E-state index < -0.39 is 22.1 Å². The van der Waals surface area contributed by atoms with Gasteiger partial charge in [0.05, 0.1) is 11.5 Å². The molecule has 1 rings (SSSR count). The highest BCUT2D eigenvalue weighted by atomic mass is 79.9. The van der Waals surface area contributed by atoms with Crippen molar-refractivity contribution in [3.63, 3.8) is 0 Å². The molecule has 0 heterocycles. The van der Waals surface area contributed by atoms with E-state index in [1.165, 1.54) is 12.1 Å². The smallest absolute Gasteiger partial charge is 0.440 e. The summed E-state index contributed by atoms with van der Waals surface area (Å²) in [5.41, 5.74) is 1.88. The maximum Gasteiger partial charge on any atom is 0.440 e. The summed E-state index contributed by atoms with van der Waals surface area (Å²) in [5, 5.41) is 0. The fourth-order valence-electron chi connectivity index (χ4n) is 1.62. The summed E-state index contributed by atoms with van der Waals surface area (Å²) in [4.78, 5) is 27.2. The molecule has 0 saturated heterocycles. The van der Waals surface area contributed by atoms with Crippen LogP contribution < -0.4 is 10.2 Å². The lowest BCUT2D eigenvalue weighted by Gasteiger charge is -2.08. The first-order valence-electron chi connectivity index (χ1n) is 7.73. The molecule has 0 saturated carbocycles. The van der Waals surface area contributed by atoms with Gasteiger partial charge in [0.1, 0.15) is 0 Å². The summed E-state index contributed by atoms with van der Waals surface area (Å²) in [6.07, 6.45) is 0.931. The van der Waals surface area contributed by atoms with Crippen LogP contribution >= 0.6 is 15.9 Å². The molecule has 0 aromatic heterocycles. The Morgan fingerprint density at radius 2 is 1.84 bits per heavy atom. The number of ether oxygens (including phenoxy) is 1. The minimum atomic E-state index is -3.63. The fourth-order valence-corrected chi connectivity index (χ4v) is 2.96. The number of carbonyl (C=O) groups is 2. The van der Waals surface area contributed by atoms with Gasteiger partial charge in [-0.3, -0.25) is 0 Å². The van der Waals surface area contributed by atoms with Crippen molar-refractivity contribution in [3.8, 4) is 0 Å². The zero-order valence-corrected chi connectivity index (χ0v) is 16.2. The predicted molar refractivity (Wildman–Crippen MR) is 94.0 cm³/mol. The maximum absolute atomic E-state index is 12.0. The molecule has 0 fully saturated rings. The van der Waals surface area contributed by atoms with Crippen LogP contribution in [0.3, 0.4) is 0 Å². The second-order valence-electron chi connectivity index (χ2n) is 5.02. The van der Waals surface area contributed by atoms with Crippen molar-refractivity contribution in [1.29, 1.82) is 0 Å². The van der Waals surface area contributed by atoms with Crippen molar-refractivity contribution < 1.29 is 27.6 Å². The van der Waals surface area contributed by atoms with E-state index in [1.54, 1.807) is 12.1 Å². The van der Waals surface area contributed by atoms with Crippen molar-refractivity contribution in [3.05, 3.63) is 28.7 Å². The minimum Gasteiger partial charge on any atom is -0.447 e. The van der Waals surface area contributed by atoms with E-state index in [0.717, 1.165) is 17.3 Å². The topological polar surface area (TPSA) is 111 Å². The van der Waals surface area contributed by atoms with Gasteiger partial charge in [0, 0.05) is 17.4 Å². The molecular formula is C15H21BrN2O6S. The molecule has 0 radical (unpaired) electrons. The van der Waals surface area contributed by atoms with Crippen molar-refractivity contribution in [2.75, 3.05) is 13.2 Å². The molecule has 2 N–H and O–H groups in total. The number of benzene rings is 1. The van der Waals surface area contributed by atoms with E-state index in [1.807, 2.05) is 12.4 Å². The predicted octanol–water partition coefficient (Wildman–Crippen LogP) is 2.49. The zero-order chi connectivity index (χ0) is 18.7. The van der Waals surface area contributed by atoms with Gasteiger partial charge in [-0.2, -0.15) is 0 Å². The van der Waals surface area contributed by atoms with Gasteiger partial charge in [0.25, 0.3) is 0 Å². The Kier molecular flexibility index (Phi) is 9.46. The summed E-state index contributed by atoms with van der Waals surface area (Å²) in [5.74, 6) is -0.685. The van der Waals surface area contributed by atoms with Crippen LogP contribution in [0.1, 0.15) is 32.6 Å². The van der Waals surface area contributed by atoms with Gasteiger partial charge in [-0.25, -0.2) is 22.7 Å². The van der Waals surface area contributed by atoms with Crippen LogP contribution in [0.4, 0.5) is 4.79 Å². The normalized spacial score (nSPS) is 11.0. The van der Waals surface area contributed by atoms with Gasteiger partial charge in [0.2, 0.25) is 10.0 Å². The van der Waals surface area contributed by atoms with Gasteiger partial charge in [-0.05, 0) is 37.1 Å². The van der Waals surface area contributed by atoms with Crippen molar-refractivity contribution in [2.45, 2.75) is 37.5 Å². The molecule has 1 amide bonds. The van der Waals surface area contributed by atoms with Crippen LogP contribution in [0.25, 0.3) is 0 Å². The highest BCUT2D eigenvalue weighted by molar-refractivity contribution is 9.10. The third kappa shape index (κ3) is 8.84. The second-order valence-corrected chi connectivity index (χ2v) is 7.70. The molecule has 0 unspecified atom stereocenters. The van der Waals surface area contributed by atoms with E-state index in [9.17, 15) is 18.0 Å². The van der Waals surface area contributed by atoms with Crippen LogP contribution in [-0.2, 0) is 24.4 Å². The second kappa shape index (κ2) is 11.1. The molecule has 0 aliphatic heterocycles. The number of sulfonamides is 1. The van der Waals surface area contributed by atoms with Crippen LogP contribution in [0, 0.1) is 0 Å².